The van der Waals surface area contributed by atoms with E-state index in [0.717, 1.165) is 4.47 Å². The molecule has 0 aliphatic rings. The first-order valence-corrected chi connectivity index (χ1v) is 7.30. The normalized spacial score (nSPS) is 9.86. The maximum absolute atomic E-state index is 12.2. The van der Waals surface area contributed by atoms with E-state index in [1.807, 2.05) is 12.1 Å². The summed E-state index contributed by atoms with van der Waals surface area (Å²) in [6, 6.07) is 8.70. The summed E-state index contributed by atoms with van der Waals surface area (Å²) in [7, 11) is 0. The van der Waals surface area contributed by atoms with Crippen molar-refractivity contribution in [2.45, 2.75) is 0 Å². The minimum atomic E-state index is -0.326. The van der Waals surface area contributed by atoms with E-state index >= 15 is 0 Å². The molecule has 1 aromatic heterocycles. The molecule has 0 aliphatic carbocycles. The van der Waals surface area contributed by atoms with E-state index in [0.29, 0.717) is 23.4 Å². The van der Waals surface area contributed by atoms with Crippen LogP contribution in [0.3, 0.4) is 0 Å². The van der Waals surface area contributed by atoms with Crippen LogP contribution >= 0.6 is 15.9 Å². The van der Waals surface area contributed by atoms with Crippen LogP contribution in [0.1, 0.15) is 20.7 Å². The van der Waals surface area contributed by atoms with Crippen LogP contribution in [0.25, 0.3) is 0 Å². The Bertz CT molecular complexity index is 699. The molecule has 0 atom stereocenters. The molecule has 22 heavy (non-hydrogen) atoms. The van der Waals surface area contributed by atoms with Crippen molar-refractivity contribution in [1.82, 2.24) is 10.3 Å². The number of nitrogens with zero attached hydrogens (tertiary/aromatic N) is 1. The third-order valence-electron chi connectivity index (χ3n) is 2.77. The number of rotatable bonds is 5. The lowest BCUT2D eigenvalue weighted by molar-refractivity contribution is 0.0957. The summed E-state index contributed by atoms with van der Waals surface area (Å²) in [6.07, 6.45) is 4.41. The zero-order valence-corrected chi connectivity index (χ0v) is 13.3. The fraction of sp³-hybridized carbons (Fsp3) is 0.0625. The summed E-state index contributed by atoms with van der Waals surface area (Å²) in [5, 5.41) is 5.38. The quantitative estimate of drug-likeness (QED) is 0.806. The number of hydrogen-bond donors (Lipinski definition) is 2. The van der Waals surface area contributed by atoms with Gasteiger partial charge in [-0.25, -0.2) is 0 Å². The molecule has 2 amide bonds. The number of amides is 2. The molecular weight excluding hydrogens is 346 g/mol. The van der Waals surface area contributed by atoms with Gasteiger partial charge in [0.1, 0.15) is 0 Å². The SMILES string of the molecule is C=CCNC(=O)c1cncc(C(=O)Nc2ccc(Br)cc2)c1. The molecular formula is C16H14BrN3O2. The summed E-state index contributed by atoms with van der Waals surface area (Å²) in [5.74, 6) is -0.626. The number of anilines is 1. The van der Waals surface area contributed by atoms with Gasteiger partial charge in [-0.1, -0.05) is 22.0 Å². The minimum Gasteiger partial charge on any atom is -0.349 e. The van der Waals surface area contributed by atoms with Crippen molar-refractivity contribution < 1.29 is 9.59 Å². The number of benzene rings is 1. The van der Waals surface area contributed by atoms with Crippen molar-refractivity contribution in [3.8, 4) is 0 Å². The molecule has 0 unspecified atom stereocenters. The molecule has 0 fully saturated rings. The second-order valence-electron chi connectivity index (χ2n) is 4.42. The van der Waals surface area contributed by atoms with Crippen LogP contribution in [0.5, 0.6) is 0 Å². The first-order valence-electron chi connectivity index (χ1n) is 6.51. The lowest BCUT2D eigenvalue weighted by Gasteiger charge is -2.07. The Balaban J connectivity index is 2.11. The molecule has 0 aliphatic heterocycles. The van der Waals surface area contributed by atoms with Gasteiger partial charge in [-0.2, -0.15) is 0 Å². The molecule has 2 rings (SSSR count). The summed E-state index contributed by atoms with van der Waals surface area (Å²) in [4.78, 5) is 28.0. The van der Waals surface area contributed by atoms with Gasteiger partial charge >= 0.3 is 0 Å². The maximum Gasteiger partial charge on any atom is 0.257 e. The summed E-state index contributed by atoms with van der Waals surface area (Å²) in [5.41, 5.74) is 1.30. The average molecular weight is 360 g/mol. The van der Waals surface area contributed by atoms with Crippen molar-refractivity contribution in [1.29, 1.82) is 0 Å². The predicted octanol–water partition coefficient (Wildman–Crippen LogP) is 3.01. The van der Waals surface area contributed by atoms with Gasteiger partial charge in [0, 0.05) is 29.1 Å². The third kappa shape index (κ3) is 4.26. The van der Waals surface area contributed by atoms with E-state index in [1.54, 1.807) is 18.2 Å². The van der Waals surface area contributed by atoms with E-state index in [2.05, 4.69) is 38.1 Å². The van der Waals surface area contributed by atoms with Gasteiger partial charge in [0.15, 0.2) is 0 Å². The molecule has 0 saturated heterocycles. The van der Waals surface area contributed by atoms with Crippen LogP contribution in [-0.2, 0) is 0 Å². The van der Waals surface area contributed by atoms with Crippen LogP contribution < -0.4 is 10.6 Å². The lowest BCUT2D eigenvalue weighted by atomic mass is 10.2. The fourth-order valence-corrected chi connectivity index (χ4v) is 1.96. The third-order valence-corrected chi connectivity index (χ3v) is 3.30. The highest BCUT2D eigenvalue weighted by Crippen LogP contribution is 2.15. The Morgan fingerprint density at radius 3 is 2.41 bits per heavy atom. The zero-order valence-electron chi connectivity index (χ0n) is 11.7. The molecule has 5 nitrogen and oxygen atoms in total. The van der Waals surface area contributed by atoms with Crippen molar-refractivity contribution in [3.05, 3.63) is 71.0 Å². The van der Waals surface area contributed by atoms with Gasteiger partial charge in [0.25, 0.3) is 11.8 Å². The summed E-state index contributed by atoms with van der Waals surface area (Å²) < 4.78 is 0.924. The number of halogens is 1. The molecule has 1 heterocycles. The number of carbonyl (C=O) groups excluding carboxylic acids is 2. The molecule has 6 heteroatoms. The molecule has 0 bridgehead atoms. The van der Waals surface area contributed by atoms with Crippen molar-refractivity contribution in [3.63, 3.8) is 0 Å². The highest BCUT2D eigenvalue weighted by molar-refractivity contribution is 9.10. The van der Waals surface area contributed by atoms with Crippen molar-refractivity contribution >= 4 is 33.4 Å². The van der Waals surface area contributed by atoms with E-state index < -0.39 is 0 Å². The zero-order chi connectivity index (χ0) is 15.9. The van der Waals surface area contributed by atoms with Crippen LogP contribution in [-0.4, -0.2) is 23.3 Å². The second kappa shape index (κ2) is 7.51. The highest BCUT2D eigenvalue weighted by Gasteiger charge is 2.11. The number of nitrogens with one attached hydrogen (secondary N) is 2. The van der Waals surface area contributed by atoms with Crippen LogP contribution in [0.15, 0.2) is 59.9 Å². The van der Waals surface area contributed by atoms with Crippen LogP contribution in [0, 0.1) is 0 Å². The molecule has 0 spiro atoms. The van der Waals surface area contributed by atoms with Crippen LogP contribution in [0.4, 0.5) is 5.69 Å². The van der Waals surface area contributed by atoms with Crippen molar-refractivity contribution in [2.24, 2.45) is 0 Å². The molecule has 2 N–H and O–H groups in total. The number of hydrogen-bond acceptors (Lipinski definition) is 3. The van der Waals surface area contributed by atoms with Gasteiger partial charge < -0.3 is 10.6 Å². The maximum atomic E-state index is 12.2. The van der Waals surface area contributed by atoms with E-state index in [1.165, 1.54) is 18.5 Å². The second-order valence-corrected chi connectivity index (χ2v) is 5.34. The fourth-order valence-electron chi connectivity index (χ4n) is 1.69. The van der Waals surface area contributed by atoms with Gasteiger partial charge in [0.05, 0.1) is 11.1 Å². The minimum absolute atomic E-state index is 0.300. The first kappa shape index (κ1) is 15.9. The summed E-state index contributed by atoms with van der Waals surface area (Å²) >= 11 is 3.33. The Morgan fingerprint density at radius 1 is 1.14 bits per heavy atom. The first-order chi connectivity index (χ1) is 10.6. The Kier molecular flexibility index (Phi) is 5.43. The number of aromatic nitrogens is 1. The van der Waals surface area contributed by atoms with Gasteiger partial charge in [-0.15, -0.1) is 6.58 Å². The number of carbonyl (C=O) groups is 2. The molecule has 1 aromatic carbocycles. The standard InChI is InChI=1S/C16H14BrN3O2/c1-2-7-19-15(21)11-8-12(10-18-9-11)16(22)20-14-5-3-13(17)4-6-14/h2-6,8-10H,1,7H2,(H,19,21)(H,20,22). The molecule has 0 radical (unpaired) electrons. The smallest absolute Gasteiger partial charge is 0.257 e. The van der Waals surface area contributed by atoms with E-state index in [4.69, 9.17) is 0 Å². The molecule has 112 valence electrons. The van der Waals surface area contributed by atoms with Crippen LogP contribution in [0.2, 0.25) is 0 Å². The highest BCUT2D eigenvalue weighted by atomic mass is 79.9. The van der Waals surface area contributed by atoms with Gasteiger partial charge in [0.2, 0.25) is 0 Å². The number of pyridine rings is 1. The Morgan fingerprint density at radius 2 is 1.77 bits per heavy atom. The van der Waals surface area contributed by atoms with Gasteiger partial charge in [-0.05, 0) is 30.3 Å². The predicted molar refractivity (Wildman–Crippen MR) is 88.9 cm³/mol. The Hall–Kier alpha value is -2.47. The monoisotopic (exact) mass is 359 g/mol. The topological polar surface area (TPSA) is 71.1 Å². The average Bonchev–Trinajstić information content (AvgIpc) is 2.54. The van der Waals surface area contributed by atoms with Crippen molar-refractivity contribution in [2.75, 3.05) is 11.9 Å². The molecule has 0 saturated carbocycles. The Labute approximate surface area is 136 Å². The van der Waals surface area contributed by atoms with E-state index in [9.17, 15) is 9.59 Å². The lowest BCUT2D eigenvalue weighted by Crippen LogP contribution is -2.24. The summed E-state index contributed by atoms with van der Waals surface area (Å²) in [6.45, 7) is 3.88. The van der Waals surface area contributed by atoms with Gasteiger partial charge in [-0.3, -0.25) is 14.6 Å². The largest absolute Gasteiger partial charge is 0.349 e. The molecule has 2 aromatic rings. The van der Waals surface area contributed by atoms with E-state index in [-0.39, 0.29) is 11.8 Å².